The highest BCUT2D eigenvalue weighted by atomic mass is 127. The number of aliphatic hydroxyl groups excluding tert-OH is 2. The first-order valence-electron chi connectivity index (χ1n) is 12.7. The topological polar surface area (TPSA) is 40.5 Å². The van der Waals surface area contributed by atoms with Gasteiger partial charge < -0.3 is 38.7 Å². The molecule has 1 atom stereocenters. The molecule has 0 saturated heterocycles. The lowest BCUT2D eigenvalue weighted by molar-refractivity contribution is -0.893. The first-order valence-corrected chi connectivity index (χ1v) is 13.9. The largest absolute Gasteiger partial charge is 1.00 e. The molecule has 0 spiro atoms. The molecule has 184 valence electrons. The molecule has 5 heteroatoms. The Morgan fingerprint density at radius 3 is 1.50 bits per heavy atom. The second-order valence-corrected chi connectivity index (χ2v) is 10.7. The Balaban J connectivity index is 0. The van der Waals surface area contributed by atoms with E-state index in [0.29, 0.717) is 11.0 Å². The fourth-order valence-corrected chi connectivity index (χ4v) is 4.91. The number of thioether (sulfide) groups is 1. The van der Waals surface area contributed by atoms with E-state index in [4.69, 9.17) is 5.11 Å². The van der Waals surface area contributed by atoms with Crippen molar-refractivity contribution in [2.45, 2.75) is 116 Å². The summed E-state index contributed by atoms with van der Waals surface area (Å²) in [5.41, 5.74) is 0. The highest BCUT2D eigenvalue weighted by molar-refractivity contribution is 7.99. The van der Waals surface area contributed by atoms with Gasteiger partial charge in [0.25, 0.3) is 0 Å². The third-order valence-corrected chi connectivity index (χ3v) is 7.06. The second kappa shape index (κ2) is 24.6. The van der Waals surface area contributed by atoms with E-state index in [2.05, 4.69) is 21.0 Å². The standard InChI is InChI=1S/C25H54NO2S.HI/c1-4-5-6-7-8-9-10-11-12-13-14-15-16-17-18-19-22-29-24-25(28)23-26(2,3)20-21-27;/h25,27-28H,4-24H2,1-3H3;1H/q+1;/p-1. The summed E-state index contributed by atoms with van der Waals surface area (Å²) in [5.74, 6) is 1.99. The number of halogens is 1. The molecule has 0 saturated carbocycles. The molecule has 0 aliphatic carbocycles. The first-order chi connectivity index (χ1) is 14.0. The molecule has 0 heterocycles. The molecule has 1 unspecified atom stereocenters. The summed E-state index contributed by atoms with van der Waals surface area (Å²) in [7, 11) is 4.14. The number of likely N-dealkylation sites (N-methyl/N-ethyl adjacent to an activating group) is 1. The van der Waals surface area contributed by atoms with Crippen LogP contribution in [0.2, 0.25) is 0 Å². The van der Waals surface area contributed by atoms with Crippen molar-refractivity contribution < 1.29 is 38.7 Å². The Kier molecular flexibility index (Phi) is 27.2. The van der Waals surface area contributed by atoms with Crippen molar-refractivity contribution in [3.05, 3.63) is 0 Å². The summed E-state index contributed by atoms with van der Waals surface area (Å²) in [6.07, 6.45) is 22.4. The van der Waals surface area contributed by atoms with Gasteiger partial charge in [0, 0.05) is 5.75 Å². The summed E-state index contributed by atoms with van der Waals surface area (Å²) in [5, 5.41) is 19.2. The van der Waals surface area contributed by atoms with E-state index < -0.39 is 0 Å². The van der Waals surface area contributed by atoms with Crippen LogP contribution in [0.1, 0.15) is 110 Å². The lowest BCUT2D eigenvalue weighted by Gasteiger charge is -2.31. The van der Waals surface area contributed by atoms with Gasteiger partial charge in [0.05, 0.1) is 20.7 Å². The predicted octanol–water partition coefficient (Wildman–Crippen LogP) is 3.41. The average Bonchev–Trinajstić information content (AvgIpc) is 2.66. The lowest BCUT2D eigenvalue weighted by atomic mass is 10.0. The number of hydrogen-bond donors (Lipinski definition) is 2. The number of quaternary nitrogens is 1. The molecular formula is C25H54INO2S. The van der Waals surface area contributed by atoms with E-state index >= 15 is 0 Å². The SMILES string of the molecule is CCCCCCCCCCCCCCCCCCSCC(O)C[N+](C)(C)CCO.[I-]. The Morgan fingerprint density at radius 1 is 0.700 bits per heavy atom. The average molecular weight is 560 g/mol. The van der Waals surface area contributed by atoms with Crippen LogP contribution in [0.15, 0.2) is 0 Å². The van der Waals surface area contributed by atoms with Gasteiger partial charge in [0.15, 0.2) is 0 Å². The summed E-state index contributed by atoms with van der Waals surface area (Å²) >= 11 is 1.88. The minimum absolute atomic E-state index is 0. The van der Waals surface area contributed by atoms with Crippen LogP contribution in [0.4, 0.5) is 0 Å². The molecule has 0 aromatic carbocycles. The maximum Gasteiger partial charge on any atom is 0.112 e. The number of unbranched alkanes of at least 4 members (excludes halogenated alkanes) is 15. The van der Waals surface area contributed by atoms with Crippen LogP contribution >= 0.6 is 11.8 Å². The van der Waals surface area contributed by atoms with E-state index in [1.807, 2.05) is 11.8 Å². The van der Waals surface area contributed by atoms with Crippen LogP contribution in [0.5, 0.6) is 0 Å². The molecule has 0 rings (SSSR count). The minimum atomic E-state index is -0.261. The van der Waals surface area contributed by atoms with Crippen LogP contribution in [0, 0.1) is 0 Å². The van der Waals surface area contributed by atoms with E-state index in [1.54, 1.807) is 0 Å². The third-order valence-electron chi connectivity index (χ3n) is 5.86. The fourth-order valence-electron chi connectivity index (χ4n) is 3.96. The molecule has 0 bridgehead atoms. The maximum atomic E-state index is 10.1. The molecule has 0 aliphatic heterocycles. The number of nitrogens with zero attached hydrogens (tertiary/aromatic N) is 1. The van der Waals surface area contributed by atoms with Crippen molar-refractivity contribution in [3.8, 4) is 0 Å². The van der Waals surface area contributed by atoms with E-state index in [1.165, 1.54) is 108 Å². The van der Waals surface area contributed by atoms with Crippen LogP contribution in [0.3, 0.4) is 0 Å². The van der Waals surface area contributed by atoms with Gasteiger partial charge in [-0.1, -0.05) is 103 Å². The smallest absolute Gasteiger partial charge is 0.112 e. The molecular weight excluding hydrogens is 505 g/mol. The van der Waals surface area contributed by atoms with Crippen molar-refractivity contribution in [1.82, 2.24) is 0 Å². The molecule has 0 aromatic rings. The van der Waals surface area contributed by atoms with E-state index in [0.717, 1.165) is 12.3 Å². The Labute approximate surface area is 210 Å². The van der Waals surface area contributed by atoms with Crippen molar-refractivity contribution in [2.24, 2.45) is 0 Å². The zero-order valence-electron chi connectivity index (χ0n) is 20.6. The molecule has 0 amide bonds. The normalized spacial score (nSPS) is 12.7. The van der Waals surface area contributed by atoms with Gasteiger partial charge in [-0.3, -0.25) is 0 Å². The first kappa shape index (κ1) is 33.1. The monoisotopic (exact) mass is 559 g/mol. The van der Waals surface area contributed by atoms with Gasteiger partial charge in [-0.25, -0.2) is 0 Å². The molecule has 2 N–H and O–H groups in total. The van der Waals surface area contributed by atoms with Crippen LogP contribution < -0.4 is 24.0 Å². The van der Waals surface area contributed by atoms with Gasteiger partial charge in [-0.05, 0) is 12.2 Å². The predicted molar refractivity (Wildman–Crippen MR) is 132 cm³/mol. The van der Waals surface area contributed by atoms with Gasteiger partial charge >= 0.3 is 0 Å². The summed E-state index contributed by atoms with van der Waals surface area (Å²) in [6, 6.07) is 0. The molecule has 3 nitrogen and oxygen atoms in total. The lowest BCUT2D eigenvalue weighted by Crippen LogP contribution is -3.00. The Bertz CT molecular complexity index is 332. The molecule has 0 aliphatic rings. The van der Waals surface area contributed by atoms with Crippen molar-refractivity contribution >= 4 is 11.8 Å². The minimum Gasteiger partial charge on any atom is -1.00 e. The number of aliphatic hydroxyl groups is 2. The zero-order valence-corrected chi connectivity index (χ0v) is 23.5. The molecule has 30 heavy (non-hydrogen) atoms. The second-order valence-electron chi connectivity index (χ2n) is 9.60. The quantitative estimate of drug-likeness (QED) is 0.115. The van der Waals surface area contributed by atoms with Gasteiger partial charge in [-0.15, -0.1) is 0 Å². The molecule has 0 radical (unpaired) electrons. The van der Waals surface area contributed by atoms with E-state index in [9.17, 15) is 5.11 Å². The highest BCUT2D eigenvalue weighted by Gasteiger charge is 2.19. The Morgan fingerprint density at radius 2 is 1.10 bits per heavy atom. The van der Waals surface area contributed by atoms with Gasteiger partial charge in [0.2, 0.25) is 0 Å². The number of rotatable bonds is 23. The highest BCUT2D eigenvalue weighted by Crippen LogP contribution is 2.15. The third kappa shape index (κ3) is 25.2. The maximum absolute atomic E-state index is 10.1. The fraction of sp³-hybridized carbons (Fsp3) is 1.00. The zero-order chi connectivity index (χ0) is 21.6. The van der Waals surface area contributed by atoms with Crippen molar-refractivity contribution in [3.63, 3.8) is 0 Å². The molecule has 0 fully saturated rings. The van der Waals surface area contributed by atoms with Crippen LogP contribution in [-0.4, -0.2) is 66.1 Å². The molecule has 0 aromatic heterocycles. The van der Waals surface area contributed by atoms with Crippen molar-refractivity contribution in [1.29, 1.82) is 0 Å². The van der Waals surface area contributed by atoms with Gasteiger partial charge in [0.1, 0.15) is 19.2 Å². The number of hydrogen-bond acceptors (Lipinski definition) is 3. The van der Waals surface area contributed by atoms with Gasteiger partial charge in [-0.2, -0.15) is 11.8 Å². The summed E-state index contributed by atoms with van der Waals surface area (Å²) in [4.78, 5) is 0. The van der Waals surface area contributed by atoms with E-state index in [-0.39, 0.29) is 36.7 Å². The van der Waals surface area contributed by atoms with Crippen molar-refractivity contribution in [2.75, 3.05) is 45.3 Å². The Hall–Kier alpha value is 0.960. The van der Waals surface area contributed by atoms with Crippen LogP contribution in [0.25, 0.3) is 0 Å². The summed E-state index contributed by atoms with van der Waals surface area (Å²) < 4.78 is 0.692. The van der Waals surface area contributed by atoms with Crippen LogP contribution in [-0.2, 0) is 0 Å². The summed E-state index contributed by atoms with van der Waals surface area (Å²) in [6.45, 7) is 3.91.